The molecule has 0 aromatic heterocycles. The van der Waals surface area contributed by atoms with Gasteiger partial charge in [0.05, 0.1) is 40.0 Å². The fourth-order valence-electron chi connectivity index (χ4n) is 5.93. The highest BCUT2D eigenvalue weighted by atomic mass is 31.2. The number of aliphatic hydroxyl groups is 2. The van der Waals surface area contributed by atoms with Crippen LogP contribution in [-0.2, 0) is 32.7 Å². The van der Waals surface area contributed by atoms with Crippen molar-refractivity contribution >= 4 is 19.8 Å². The number of quaternary nitrogens is 1. The normalized spacial score (nSPS) is 15.1. The maximum atomic E-state index is 12.7. The standard InChI is InChI=1S/C46H84NO10P/c1-6-8-10-11-12-13-14-15-16-17-18-19-23-26-30-36-45(50)54-40-44(41-56-58(52,53)55-39-38-47(3,4)5)57-46(51)37-31-35-43(49)34-29-25-22-20-21-24-28-33-42(48)32-27-9-7-2/h21-22,24-25,28-29,33-34,42-44,48-49H,6-20,23,26-27,30-32,35-41H2,1-5H3/b24-21-,25-22-,33-28+,34-29+/t42-,43-,44-/m1/s1. The van der Waals surface area contributed by atoms with Crippen LogP contribution in [0.1, 0.15) is 168 Å². The second kappa shape index (κ2) is 37.9. The highest BCUT2D eigenvalue weighted by molar-refractivity contribution is 7.45. The molecule has 0 bridgehead atoms. The molecule has 1 unspecified atom stereocenters. The lowest BCUT2D eigenvalue weighted by molar-refractivity contribution is -0.870. The van der Waals surface area contributed by atoms with E-state index in [4.69, 9.17) is 18.5 Å². The first kappa shape index (κ1) is 55.9. The van der Waals surface area contributed by atoms with Gasteiger partial charge in [0, 0.05) is 12.8 Å². The van der Waals surface area contributed by atoms with Crippen LogP contribution in [0.3, 0.4) is 0 Å². The van der Waals surface area contributed by atoms with Crippen LogP contribution in [0.25, 0.3) is 0 Å². The number of unbranched alkanes of at least 4 members (excludes halogenated alkanes) is 16. The fourth-order valence-corrected chi connectivity index (χ4v) is 6.66. The van der Waals surface area contributed by atoms with E-state index < -0.39 is 44.7 Å². The Morgan fingerprint density at radius 2 is 1.09 bits per heavy atom. The molecule has 4 atom stereocenters. The topological polar surface area (TPSA) is 152 Å². The van der Waals surface area contributed by atoms with Gasteiger partial charge >= 0.3 is 11.9 Å². The van der Waals surface area contributed by atoms with Crippen molar-refractivity contribution in [2.75, 3.05) is 47.5 Å². The smallest absolute Gasteiger partial charge is 0.306 e. The number of rotatable bonds is 40. The van der Waals surface area contributed by atoms with Gasteiger partial charge in [-0.3, -0.25) is 14.2 Å². The molecule has 0 aromatic carbocycles. The molecule has 2 N–H and O–H groups in total. The van der Waals surface area contributed by atoms with Gasteiger partial charge in [-0.2, -0.15) is 0 Å². The number of likely N-dealkylation sites (N-methyl/N-ethyl adjacent to an activating group) is 1. The van der Waals surface area contributed by atoms with Crippen molar-refractivity contribution in [1.82, 2.24) is 0 Å². The van der Waals surface area contributed by atoms with E-state index >= 15 is 0 Å². The Balaban J connectivity index is 4.59. The minimum absolute atomic E-state index is 0.0229. The number of allylic oxidation sites excluding steroid dienone is 6. The summed E-state index contributed by atoms with van der Waals surface area (Å²) in [5.74, 6) is -1.06. The molecular weight excluding hydrogens is 757 g/mol. The van der Waals surface area contributed by atoms with Crippen molar-refractivity contribution in [2.45, 2.75) is 186 Å². The van der Waals surface area contributed by atoms with E-state index in [1.165, 1.54) is 70.6 Å². The van der Waals surface area contributed by atoms with Gasteiger partial charge in [-0.05, 0) is 32.1 Å². The van der Waals surface area contributed by atoms with E-state index in [9.17, 15) is 29.3 Å². The first-order chi connectivity index (χ1) is 27.8. The van der Waals surface area contributed by atoms with Gasteiger partial charge in [0.2, 0.25) is 0 Å². The van der Waals surface area contributed by atoms with Crippen LogP contribution >= 0.6 is 7.82 Å². The average molecular weight is 842 g/mol. The van der Waals surface area contributed by atoms with E-state index in [1.807, 2.05) is 51.5 Å². The fraction of sp³-hybridized carbons (Fsp3) is 0.783. The summed E-state index contributed by atoms with van der Waals surface area (Å²) in [6, 6.07) is 0. The molecule has 0 rings (SSSR count). The quantitative estimate of drug-likeness (QED) is 0.0201. The molecule has 0 aliphatic rings. The summed E-state index contributed by atoms with van der Waals surface area (Å²) in [6.07, 6.45) is 36.3. The van der Waals surface area contributed by atoms with Crippen LogP contribution < -0.4 is 4.89 Å². The van der Waals surface area contributed by atoms with Gasteiger partial charge in [-0.1, -0.05) is 172 Å². The van der Waals surface area contributed by atoms with Crippen LogP contribution in [0.2, 0.25) is 0 Å². The monoisotopic (exact) mass is 842 g/mol. The molecule has 0 aromatic rings. The minimum Gasteiger partial charge on any atom is -0.756 e. The Hall–Kier alpha value is -2.11. The maximum absolute atomic E-state index is 12.7. The molecule has 0 spiro atoms. The number of aliphatic hydroxyl groups excluding tert-OH is 2. The first-order valence-electron chi connectivity index (χ1n) is 22.6. The number of esters is 2. The first-order valence-corrected chi connectivity index (χ1v) is 24.0. The summed E-state index contributed by atoms with van der Waals surface area (Å²) >= 11 is 0. The summed E-state index contributed by atoms with van der Waals surface area (Å²) in [5.41, 5.74) is 0. The molecule has 58 heavy (non-hydrogen) atoms. The van der Waals surface area contributed by atoms with Crippen molar-refractivity contribution in [1.29, 1.82) is 0 Å². The molecule has 0 aliphatic carbocycles. The van der Waals surface area contributed by atoms with E-state index in [0.29, 0.717) is 36.7 Å². The zero-order chi connectivity index (χ0) is 43.2. The number of hydrogen-bond acceptors (Lipinski definition) is 10. The molecule has 0 saturated heterocycles. The van der Waals surface area contributed by atoms with Gasteiger partial charge in [-0.15, -0.1) is 0 Å². The molecule has 0 amide bonds. The molecule has 0 saturated carbocycles. The number of carbonyl (C=O) groups is 2. The minimum atomic E-state index is -4.69. The average Bonchev–Trinajstić information content (AvgIpc) is 3.16. The van der Waals surface area contributed by atoms with Crippen molar-refractivity contribution < 1.29 is 52.3 Å². The third-order valence-corrected chi connectivity index (χ3v) is 10.5. The molecular formula is C46H84NO10P. The van der Waals surface area contributed by atoms with Crippen LogP contribution in [0.15, 0.2) is 48.6 Å². The lowest BCUT2D eigenvalue weighted by Gasteiger charge is -2.28. The Morgan fingerprint density at radius 1 is 0.621 bits per heavy atom. The lowest BCUT2D eigenvalue weighted by atomic mass is 10.0. The Kier molecular flexibility index (Phi) is 36.5. The van der Waals surface area contributed by atoms with Crippen molar-refractivity contribution in [3.63, 3.8) is 0 Å². The van der Waals surface area contributed by atoms with Crippen LogP contribution in [0.5, 0.6) is 0 Å². The van der Waals surface area contributed by atoms with Gasteiger partial charge in [0.15, 0.2) is 6.10 Å². The van der Waals surface area contributed by atoms with E-state index in [0.717, 1.165) is 44.9 Å². The second-order valence-corrected chi connectivity index (χ2v) is 17.9. The predicted octanol–water partition coefficient (Wildman–Crippen LogP) is 10.00. The number of nitrogens with zero attached hydrogens (tertiary/aromatic N) is 1. The number of carbonyl (C=O) groups excluding carboxylic acids is 2. The van der Waals surface area contributed by atoms with Crippen LogP contribution in [-0.4, -0.2) is 92.5 Å². The zero-order valence-corrected chi connectivity index (χ0v) is 38.1. The summed E-state index contributed by atoms with van der Waals surface area (Å²) in [6.45, 7) is 3.86. The Bertz CT molecular complexity index is 1170. The number of ether oxygens (including phenoxy) is 2. The number of phosphoric acid groups is 1. The van der Waals surface area contributed by atoms with Gasteiger partial charge < -0.3 is 38.1 Å². The van der Waals surface area contributed by atoms with Gasteiger partial charge in [-0.25, -0.2) is 0 Å². The highest BCUT2D eigenvalue weighted by Crippen LogP contribution is 2.38. The number of phosphoric ester groups is 1. The molecule has 0 aliphatic heterocycles. The molecule has 11 nitrogen and oxygen atoms in total. The van der Waals surface area contributed by atoms with Crippen molar-refractivity contribution in [3.05, 3.63) is 48.6 Å². The molecule has 0 heterocycles. The van der Waals surface area contributed by atoms with E-state index in [-0.39, 0.29) is 26.1 Å². The summed E-state index contributed by atoms with van der Waals surface area (Å²) in [7, 11) is 1.02. The van der Waals surface area contributed by atoms with Gasteiger partial charge in [0.25, 0.3) is 7.82 Å². The highest BCUT2D eigenvalue weighted by Gasteiger charge is 2.22. The third kappa shape index (κ3) is 40.7. The molecule has 12 heteroatoms. The largest absolute Gasteiger partial charge is 0.756 e. The second-order valence-electron chi connectivity index (χ2n) is 16.5. The third-order valence-electron chi connectivity index (χ3n) is 9.56. The van der Waals surface area contributed by atoms with E-state index in [1.54, 1.807) is 18.2 Å². The molecule has 338 valence electrons. The molecule has 0 fully saturated rings. The van der Waals surface area contributed by atoms with E-state index in [2.05, 4.69) is 13.8 Å². The summed E-state index contributed by atoms with van der Waals surface area (Å²) in [5, 5.41) is 20.2. The maximum Gasteiger partial charge on any atom is 0.306 e. The SMILES string of the molecule is CCCCCCCCCCCCCCCCCC(=O)OC[C@H](COP(=O)([O-])OCC[N+](C)(C)C)OC(=O)CCC[C@H](O)/C=C/C=C\C/C=C\C=C\[C@H](O)CCCCC. The number of hydrogen-bond donors (Lipinski definition) is 2. The van der Waals surface area contributed by atoms with Crippen LogP contribution in [0.4, 0.5) is 0 Å². The van der Waals surface area contributed by atoms with Gasteiger partial charge in [0.1, 0.15) is 19.8 Å². The predicted molar refractivity (Wildman–Crippen MR) is 234 cm³/mol. The summed E-state index contributed by atoms with van der Waals surface area (Å²) < 4.78 is 33.7. The van der Waals surface area contributed by atoms with Crippen molar-refractivity contribution in [2.24, 2.45) is 0 Å². The Morgan fingerprint density at radius 3 is 1.60 bits per heavy atom. The Labute approximate surface area is 353 Å². The summed E-state index contributed by atoms with van der Waals surface area (Å²) in [4.78, 5) is 37.6. The van der Waals surface area contributed by atoms with Crippen molar-refractivity contribution in [3.8, 4) is 0 Å². The zero-order valence-electron chi connectivity index (χ0n) is 37.2. The molecule has 0 radical (unpaired) electrons. The van der Waals surface area contributed by atoms with Crippen LogP contribution in [0, 0.1) is 0 Å². The lowest BCUT2D eigenvalue weighted by Crippen LogP contribution is -2.37.